The minimum atomic E-state index is -0.115. The lowest BCUT2D eigenvalue weighted by Gasteiger charge is -2.36. The summed E-state index contributed by atoms with van der Waals surface area (Å²) in [7, 11) is 0. The molecule has 1 aromatic heterocycles. The van der Waals surface area contributed by atoms with Crippen LogP contribution in [-0.4, -0.2) is 56.9 Å². The molecule has 2 aliphatic rings. The number of phenolic OH excluding ortho intramolecular Hbond substituents is 1. The fourth-order valence-electron chi connectivity index (χ4n) is 4.47. The van der Waals surface area contributed by atoms with Gasteiger partial charge in [0.2, 0.25) is 11.9 Å². The molecule has 0 bridgehead atoms. The van der Waals surface area contributed by atoms with E-state index < -0.39 is 0 Å². The van der Waals surface area contributed by atoms with Gasteiger partial charge in [-0.2, -0.15) is 15.0 Å². The molecule has 2 aliphatic heterocycles. The number of fused-ring (bicyclic) bond motifs is 1. The Morgan fingerprint density at radius 3 is 2.59 bits per heavy atom. The van der Waals surface area contributed by atoms with Crippen LogP contribution in [0.25, 0.3) is 11.4 Å². The van der Waals surface area contributed by atoms with E-state index in [0.29, 0.717) is 30.3 Å². The Kier molecular flexibility index (Phi) is 5.87. The van der Waals surface area contributed by atoms with Gasteiger partial charge in [-0.05, 0) is 55.6 Å². The lowest BCUT2D eigenvalue weighted by Crippen LogP contribution is -2.44. The first-order valence-corrected chi connectivity index (χ1v) is 11.2. The van der Waals surface area contributed by atoms with Crippen molar-refractivity contribution in [2.75, 3.05) is 29.9 Å². The van der Waals surface area contributed by atoms with E-state index in [9.17, 15) is 10.2 Å². The molecule has 8 heteroatoms. The van der Waals surface area contributed by atoms with Gasteiger partial charge in [0, 0.05) is 18.2 Å². The molecule has 166 valence electrons. The Morgan fingerprint density at radius 2 is 1.81 bits per heavy atom. The van der Waals surface area contributed by atoms with Crippen molar-refractivity contribution in [3.05, 3.63) is 59.7 Å². The number of piperidine rings is 1. The van der Waals surface area contributed by atoms with Crippen molar-refractivity contribution in [3.8, 4) is 17.1 Å². The standard InChI is InChI=1S/C24H28N6O2/c31-15-20-12-16-4-1-2-5-18(16)14-30(20)24-28-22(17-6-3-7-21(32)13-17)27-23(29-24)26-19-8-10-25-11-9-19/h1-7,13,19-20,25,31-32H,8-12,14-15H2,(H,26,27,28,29)/t20-/m1/s1. The summed E-state index contributed by atoms with van der Waals surface area (Å²) in [6, 6.07) is 15.4. The first kappa shape index (κ1) is 20.7. The van der Waals surface area contributed by atoms with Crippen molar-refractivity contribution in [2.24, 2.45) is 0 Å². The van der Waals surface area contributed by atoms with Crippen LogP contribution in [-0.2, 0) is 13.0 Å². The molecule has 8 nitrogen and oxygen atoms in total. The van der Waals surface area contributed by atoms with Crippen LogP contribution in [0.15, 0.2) is 48.5 Å². The molecule has 32 heavy (non-hydrogen) atoms. The van der Waals surface area contributed by atoms with Gasteiger partial charge in [0.25, 0.3) is 0 Å². The van der Waals surface area contributed by atoms with Crippen LogP contribution in [0.2, 0.25) is 0 Å². The Balaban J connectivity index is 1.54. The van der Waals surface area contributed by atoms with E-state index in [2.05, 4.69) is 32.7 Å². The quantitative estimate of drug-likeness (QED) is 0.487. The molecule has 1 atom stereocenters. The second-order valence-corrected chi connectivity index (χ2v) is 8.44. The molecule has 5 rings (SSSR count). The number of benzene rings is 2. The number of anilines is 2. The molecule has 1 saturated heterocycles. The van der Waals surface area contributed by atoms with E-state index >= 15 is 0 Å². The van der Waals surface area contributed by atoms with Crippen LogP contribution < -0.4 is 15.5 Å². The van der Waals surface area contributed by atoms with Gasteiger partial charge < -0.3 is 25.7 Å². The van der Waals surface area contributed by atoms with Crippen molar-refractivity contribution in [1.29, 1.82) is 0 Å². The maximum Gasteiger partial charge on any atom is 0.231 e. The number of nitrogens with one attached hydrogen (secondary N) is 2. The fraction of sp³-hybridized carbons (Fsp3) is 0.375. The number of nitrogens with zero attached hydrogens (tertiary/aromatic N) is 4. The maximum atomic E-state index is 10.1. The second-order valence-electron chi connectivity index (χ2n) is 8.44. The van der Waals surface area contributed by atoms with Gasteiger partial charge in [0.05, 0.1) is 12.6 Å². The van der Waals surface area contributed by atoms with Crippen LogP contribution in [0.4, 0.5) is 11.9 Å². The van der Waals surface area contributed by atoms with Crippen molar-refractivity contribution in [3.63, 3.8) is 0 Å². The molecule has 0 aliphatic carbocycles. The van der Waals surface area contributed by atoms with E-state index in [4.69, 9.17) is 9.97 Å². The average molecular weight is 433 g/mol. The molecule has 0 radical (unpaired) electrons. The van der Waals surface area contributed by atoms with E-state index in [0.717, 1.165) is 37.9 Å². The van der Waals surface area contributed by atoms with Crippen LogP contribution in [0.5, 0.6) is 5.75 Å². The highest BCUT2D eigenvalue weighted by Gasteiger charge is 2.28. The second kappa shape index (κ2) is 9.10. The predicted molar refractivity (Wildman–Crippen MR) is 124 cm³/mol. The minimum Gasteiger partial charge on any atom is -0.508 e. The third-order valence-electron chi connectivity index (χ3n) is 6.22. The van der Waals surface area contributed by atoms with Crippen molar-refractivity contribution < 1.29 is 10.2 Å². The van der Waals surface area contributed by atoms with Gasteiger partial charge in [-0.15, -0.1) is 0 Å². The van der Waals surface area contributed by atoms with Crippen LogP contribution in [0.3, 0.4) is 0 Å². The van der Waals surface area contributed by atoms with Gasteiger partial charge in [-0.1, -0.05) is 36.4 Å². The predicted octanol–water partition coefficient (Wildman–Crippen LogP) is 2.33. The largest absolute Gasteiger partial charge is 0.508 e. The smallest absolute Gasteiger partial charge is 0.231 e. The zero-order valence-electron chi connectivity index (χ0n) is 17.9. The Morgan fingerprint density at radius 1 is 1.00 bits per heavy atom. The number of aromatic nitrogens is 3. The number of rotatable bonds is 5. The highest BCUT2D eigenvalue weighted by molar-refractivity contribution is 5.60. The molecule has 0 spiro atoms. The summed E-state index contributed by atoms with van der Waals surface area (Å²) in [5.41, 5.74) is 3.18. The monoisotopic (exact) mass is 432 g/mol. The molecule has 0 unspecified atom stereocenters. The van der Waals surface area contributed by atoms with Gasteiger partial charge in [-0.25, -0.2) is 0 Å². The van der Waals surface area contributed by atoms with Gasteiger partial charge >= 0.3 is 0 Å². The first-order valence-electron chi connectivity index (χ1n) is 11.2. The SMILES string of the molecule is OC[C@H]1Cc2ccccc2CN1c1nc(NC2CCNCC2)nc(-c2cccc(O)c2)n1. The molecular weight excluding hydrogens is 404 g/mol. The molecule has 0 amide bonds. The lowest BCUT2D eigenvalue weighted by atomic mass is 9.94. The molecular formula is C24H28N6O2. The van der Waals surface area contributed by atoms with Crippen LogP contribution in [0, 0.1) is 0 Å². The minimum absolute atomic E-state index is 0.0124. The molecule has 0 saturated carbocycles. The third kappa shape index (κ3) is 4.37. The summed E-state index contributed by atoms with van der Waals surface area (Å²) in [5.74, 6) is 1.72. The molecule has 2 aromatic carbocycles. The van der Waals surface area contributed by atoms with E-state index in [1.807, 2.05) is 18.2 Å². The fourth-order valence-corrected chi connectivity index (χ4v) is 4.47. The average Bonchev–Trinajstić information content (AvgIpc) is 2.83. The first-order chi connectivity index (χ1) is 15.7. The molecule has 3 aromatic rings. The van der Waals surface area contributed by atoms with E-state index in [1.165, 1.54) is 11.1 Å². The maximum absolute atomic E-state index is 10.1. The summed E-state index contributed by atoms with van der Waals surface area (Å²) < 4.78 is 0. The number of aliphatic hydroxyl groups is 1. The zero-order chi connectivity index (χ0) is 21.9. The number of phenols is 1. The van der Waals surface area contributed by atoms with Crippen molar-refractivity contribution >= 4 is 11.9 Å². The molecule has 4 N–H and O–H groups in total. The number of aliphatic hydroxyl groups excluding tert-OH is 1. The number of hydrogen-bond donors (Lipinski definition) is 4. The Bertz CT molecular complexity index is 1090. The number of aromatic hydroxyl groups is 1. The summed E-state index contributed by atoms with van der Waals surface area (Å²) in [6.45, 7) is 2.56. The lowest BCUT2D eigenvalue weighted by molar-refractivity contribution is 0.252. The highest BCUT2D eigenvalue weighted by atomic mass is 16.3. The van der Waals surface area contributed by atoms with Crippen molar-refractivity contribution in [2.45, 2.75) is 37.9 Å². The van der Waals surface area contributed by atoms with Crippen LogP contribution >= 0.6 is 0 Å². The normalized spacial score (nSPS) is 18.9. The summed E-state index contributed by atoms with van der Waals surface area (Å²) >= 11 is 0. The van der Waals surface area contributed by atoms with Gasteiger partial charge in [0.1, 0.15) is 5.75 Å². The van der Waals surface area contributed by atoms with E-state index in [1.54, 1.807) is 18.2 Å². The van der Waals surface area contributed by atoms with Gasteiger partial charge in [-0.3, -0.25) is 0 Å². The Hall–Kier alpha value is -3.23. The van der Waals surface area contributed by atoms with Crippen LogP contribution in [0.1, 0.15) is 24.0 Å². The summed E-state index contributed by atoms with van der Waals surface area (Å²) in [5, 5.41) is 27.0. The number of hydrogen-bond acceptors (Lipinski definition) is 8. The molecule has 3 heterocycles. The highest BCUT2D eigenvalue weighted by Crippen LogP contribution is 2.29. The topological polar surface area (TPSA) is 106 Å². The zero-order valence-corrected chi connectivity index (χ0v) is 17.9. The van der Waals surface area contributed by atoms with Gasteiger partial charge in [0.15, 0.2) is 5.82 Å². The van der Waals surface area contributed by atoms with Crippen molar-refractivity contribution in [1.82, 2.24) is 20.3 Å². The Labute approximate surface area is 187 Å². The third-order valence-corrected chi connectivity index (χ3v) is 6.22. The van der Waals surface area contributed by atoms with E-state index in [-0.39, 0.29) is 18.4 Å². The summed E-state index contributed by atoms with van der Waals surface area (Å²) in [6.07, 6.45) is 2.73. The summed E-state index contributed by atoms with van der Waals surface area (Å²) in [4.78, 5) is 16.3. The molecule has 1 fully saturated rings.